The Labute approximate surface area is 83.8 Å². The number of hydrogen-bond donors (Lipinski definition) is 0. The van der Waals surface area contributed by atoms with Crippen molar-refractivity contribution >= 4 is 11.8 Å². The summed E-state index contributed by atoms with van der Waals surface area (Å²) in [4.78, 5) is 21.4. The highest BCUT2D eigenvalue weighted by Crippen LogP contribution is 2.11. The third-order valence-electron chi connectivity index (χ3n) is 1.55. The normalized spacial score (nSPS) is 10.6. The molecule has 0 rings (SSSR count). The van der Waals surface area contributed by atoms with Gasteiger partial charge in [0.2, 0.25) is 0 Å². The SMILES string of the molecule is C=C(/C=C(/C)C(=C)C(C)=O)OC(C)=O. The van der Waals surface area contributed by atoms with Crippen LogP contribution in [0.5, 0.6) is 0 Å². The third kappa shape index (κ3) is 4.40. The Morgan fingerprint density at radius 3 is 2.00 bits per heavy atom. The van der Waals surface area contributed by atoms with Crippen molar-refractivity contribution in [2.24, 2.45) is 0 Å². The van der Waals surface area contributed by atoms with Gasteiger partial charge in [0.15, 0.2) is 5.78 Å². The average molecular weight is 194 g/mol. The van der Waals surface area contributed by atoms with Gasteiger partial charge in [-0.05, 0) is 25.5 Å². The molecule has 0 fully saturated rings. The second kappa shape index (κ2) is 5.17. The maximum absolute atomic E-state index is 10.9. The molecule has 0 saturated heterocycles. The molecule has 0 aromatic rings. The lowest BCUT2D eigenvalue weighted by atomic mass is 10.1. The van der Waals surface area contributed by atoms with Gasteiger partial charge < -0.3 is 4.74 Å². The highest BCUT2D eigenvalue weighted by atomic mass is 16.5. The van der Waals surface area contributed by atoms with Crippen LogP contribution in [-0.4, -0.2) is 11.8 Å². The summed E-state index contributed by atoms with van der Waals surface area (Å²) < 4.78 is 4.69. The van der Waals surface area contributed by atoms with E-state index in [9.17, 15) is 9.59 Å². The Kier molecular flexibility index (Phi) is 4.56. The molecular weight excluding hydrogens is 180 g/mol. The second-order valence-corrected chi connectivity index (χ2v) is 2.92. The number of ether oxygens (including phenoxy) is 1. The molecule has 0 spiro atoms. The number of esters is 1. The molecule has 0 radical (unpaired) electrons. The first-order chi connectivity index (χ1) is 6.34. The van der Waals surface area contributed by atoms with Gasteiger partial charge in [0.25, 0.3) is 0 Å². The van der Waals surface area contributed by atoms with E-state index in [0.29, 0.717) is 11.1 Å². The van der Waals surface area contributed by atoms with Crippen LogP contribution in [0.15, 0.2) is 36.1 Å². The van der Waals surface area contributed by atoms with Crippen LogP contribution in [0.1, 0.15) is 20.8 Å². The molecule has 0 aliphatic heterocycles. The summed E-state index contributed by atoms with van der Waals surface area (Å²) in [6.45, 7) is 11.5. The van der Waals surface area contributed by atoms with E-state index in [1.165, 1.54) is 19.9 Å². The molecule has 0 heterocycles. The summed E-state index contributed by atoms with van der Waals surface area (Å²) in [5, 5.41) is 0. The molecule has 0 aromatic heterocycles. The summed E-state index contributed by atoms with van der Waals surface area (Å²) in [5.41, 5.74) is 1.03. The van der Waals surface area contributed by atoms with E-state index < -0.39 is 5.97 Å². The molecule has 0 N–H and O–H groups in total. The van der Waals surface area contributed by atoms with Crippen LogP contribution in [0.2, 0.25) is 0 Å². The number of Topliss-reactive ketones (excluding diaryl/α,β-unsaturated/α-hetero) is 1. The first kappa shape index (κ1) is 12.4. The number of carbonyl (C=O) groups excluding carboxylic acids is 2. The number of allylic oxidation sites excluding steroid dienone is 3. The van der Waals surface area contributed by atoms with E-state index in [2.05, 4.69) is 17.9 Å². The minimum absolute atomic E-state index is 0.116. The predicted octanol–water partition coefficient (Wildman–Crippen LogP) is 2.15. The maximum atomic E-state index is 10.9. The van der Waals surface area contributed by atoms with Gasteiger partial charge in [-0.15, -0.1) is 0 Å². The number of carbonyl (C=O) groups is 2. The zero-order valence-corrected chi connectivity index (χ0v) is 8.72. The van der Waals surface area contributed by atoms with Gasteiger partial charge in [0.1, 0.15) is 5.76 Å². The van der Waals surface area contributed by atoms with E-state index >= 15 is 0 Å². The molecule has 3 heteroatoms. The molecule has 3 nitrogen and oxygen atoms in total. The molecule has 0 amide bonds. The minimum atomic E-state index is -0.438. The molecular formula is C11H14O3. The average Bonchev–Trinajstić information content (AvgIpc) is 2.00. The summed E-state index contributed by atoms with van der Waals surface area (Å²) in [7, 11) is 0. The summed E-state index contributed by atoms with van der Waals surface area (Å²) in [6.07, 6.45) is 1.51. The molecule has 0 aromatic carbocycles. The fraction of sp³-hybridized carbons (Fsp3) is 0.273. The van der Waals surface area contributed by atoms with Crippen molar-refractivity contribution in [1.29, 1.82) is 0 Å². The third-order valence-corrected chi connectivity index (χ3v) is 1.55. The van der Waals surface area contributed by atoms with Crippen LogP contribution in [0.3, 0.4) is 0 Å². The standard InChI is InChI=1S/C11H14O3/c1-7(9(3)10(4)12)6-8(2)14-11(5)13/h6H,2-3H2,1,4-5H3/b7-6-. The van der Waals surface area contributed by atoms with Crippen molar-refractivity contribution in [3.05, 3.63) is 36.1 Å². The van der Waals surface area contributed by atoms with Crippen molar-refractivity contribution in [3.8, 4) is 0 Å². The highest BCUT2D eigenvalue weighted by molar-refractivity contribution is 5.96. The van der Waals surface area contributed by atoms with E-state index in [-0.39, 0.29) is 11.5 Å². The van der Waals surface area contributed by atoms with Crippen molar-refractivity contribution in [1.82, 2.24) is 0 Å². The summed E-state index contributed by atoms with van der Waals surface area (Å²) in [6, 6.07) is 0. The largest absolute Gasteiger partial charge is 0.427 e. The fourth-order valence-electron chi connectivity index (χ4n) is 0.820. The van der Waals surface area contributed by atoms with Gasteiger partial charge in [-0.1, -0.05) is 13.2 Å². The first-order valence-corrected chi connectivity index (χ1v) is 4.10. The van der Waals surface area contributed by atoms with Crippen LogP contribution in [0.25, 0.3) is 0 Å². The lowest BCUT2D eigenvalue weighted by Gasteiger charge is -2.03. The minimum Gasteiger partial charge on any atom is -0.427 e. The van der Waals surface area contributed by atoms with Crippen molar-refractivity contribution in [2.75, 3.05) is 0 Å². The Bertz CT molecular complexity index is 321. The van der Waals surface area contributed by atoms with Crippen molar-refractivity contribution in [2.45, 2.75) is 20.8 Å². The van der Waals surface area contributed by atoms with Gasteiger partial charge >= 0.3 is 5.97 Å². The Balaban J connectivity index is 4.52. The van der Waals surface area contributed by atoms with Crippen LogP contribution < -0.4 is 0 Å². The Hall–Kier alpha value is -1.64. The van der Waals surface area contributed by atoms with Crippen LogP contribution >= 0.6 is 0 Å². The molecule has 76 valence electrons. The van der Waals surface area contributed by atoms with E-state index in [4.69, 9.17) is 0 Å². The van der Waals surface area contributed by atoms with Crippen LogP contribution in [0.4, 0.5) is 0 Å². The first-order valence-electron chi connectivity index (χ1n) is 4.10. The van der Waals surface area contributed by atoms with Crippen LogP contribution in [0, 0.1) is 0 Å². The van der Waals surface area contributed by atoms with Gasteiger partial charge in [-0.3, -0.25) is 9.59 Å². The molecule has 0 aliphatic rings. The molecule has 0 saturated carbocycles. The zero-order chi connectivity index (χ0) is 11.3. The van der Waals surface area contributed by atoms with Crippen LogP contribution in [-0.2, 0) is 14.3 Å². The second-order valence-electron chi connectivity index (χ2n) is 2.92. The van der Waals surface area contributed by atoms with Gasteiger partial charge in [0.05, 0.1) is 0 Å². The number of rotatable bonds is 4. The molecule has 0 bridgehead atoms. The van der Waals surface area contributed by atoms with E-state index in [1.54, 1.807) is 6.92 Å². The quantitative estimate of drug-likeness (QED) is 0.298. The monoisotopic (exact) mass is 194 g/mol. The maximum Gasteiger partial charge on any atom is 0.308 e. The lowest BCUT2D eigenvalue weighted by Crippen LogP contribution is -1.99. The Morgan fingerprint density at radius 1 is 1.14 bits per heavy atom. The van der Waals surface area contributed by atoms with E-state index in [1.807, 2.05) is 0 Å². The van der Waals surface area contributed by atoms with Crippen molar-refractivity contribution in [3.63, 3.8) is 0 Å². The molecule has 0 aliphatic carbocycles. The zero-order valence-electron chi connectivity index (χ0n) is 8.72. The van der Waals surface area contributed by atoms with Gasteiger partial charge in [0, 0.05) is 12.5 Å². The topological polar surface area (TPSA) is 43.4 Å². The summed E-state index contributed by atoms with van der Waals surface area (Å²) >= 11 is 0. The van der Waals surface area contributed by atoms with E-state index in [0.717, 1.165) is 0 Å². The number of hydrogen-bond acceptors (Lipinski definition) is 3. The molecule has 0 unspecified atom stereocenters. The smallest absolute Gasteiger partial charge is 0.308 e. The predicted molar refractivity (Wildman–Crippen MR) is 54.5 cm³/mol. The van der Waals surface area contributed by atoms with Gasteiger partial charge in [-0.2, -0.15) is 0 Å². The molecule has 0 atom stereocenters. The highest BCUT2D eigenvalue weighted by Gasteiger charge is 2.04. The molecule has 14 heavy (non-hydrogen) atoms. The fourth-order valence-corrected chi connectivity index (χ4v) is 0.820. The number of ketones is 1. The van der Waals surface area contributed by atoms with Crippen molar-refractivity contribution < 1.29 is 14.3 Å². The lowest BCUT2D eigenvalue weighted by molar-refractivity contribution is -0.136. The van der Waals surface area contributed by atoms with Gasteiger partial charge in [-0.25, -0.2) is 0 Å². The summed E-state index contributed by atoms with van der Waals surface area (Å²) in [5.74, 6) is -0.348. The Morgan fingerprint density at radius 2 is 1.64 bits per heavy atom.